The van der Waals surface area contributed by atoms with Crippen LogP contribution < -0.4 is 10.6 Å². The van der Waals surface area contributed by atoms with Crippen molar-refractivity contribution in [2.75, 3.05) is 13.2 Å². The van der Waals surface area contributed by atoms with Crippen molar-refractivity contribution in [3.8, 4) is 11.1 Å². The van der Waals surface area contributed by atoms with Crippen LogP contribution in [0.3, 0.4) is 0 Å². The van der Waals surface area contributed by atoms with Gasteiger partial charge in [0.15, 0.2) is 0 Å². The molecule has 2 aromatic carbocycles. The van der Waals surface area contributed by atoms with Crippen molar-refractivity contribution >= 4 is 18.0 Å². The van der Waals surface area contributed by atoms with E-state index in [2.05, 4.69) is 5.32 Å². The average molecular weight is 458 g/mol. The first-order valence-corrected chi connectivity index (χ1v) is 10.8. The molecule has 0 aromatic heterocycles. The van der Waals surface area contributed by atoms with Gasteiger partial charge in [0.2, 0.25) is 5.91 Å². The zero-order valence-corrected chi connectivity index (χ0v) is 17.7. The van der Waals surface area contributed by atoms with Gasteiger partial charge in [-0.1, -0.05) is 48.5 Å². The number of alkyl carbamates (subject to hydrolysis) is 1. The SMILES string of the molecule is O=C(N[C@@H]1CC[C@H](C(=O)NCC(F)(F)C(=O)O)C1)OCC1c2ccccc2-c2ccccc21. The van der Waals surface area contributed by atoms with Gasteiger partial charge in [-0.15, -0.1) is 0 Å². The van der Waals surface area contributed by atoms with E-state index in [-0.39, 0.29) is 25.0 Å². The first kappa shape index (κ1) is 22.7. The van der Waals surface area contributed by atoms with Gasteiger partial charge in [-0.05, 0) is 41.5 Å². The minimum atomic E-state index is -4.02. The van der Waals surface area contributed by atoms with Crippen LogP contribution in [0.1, 0.15) is 36.3 Å². The summed E-state index contributed by atoms with van der Waals surface area (Å²) in [5, 5.41) is 13.2. The highest BCUT2D eigenvalue weighted by Gasteiger charge is 2.40. The van der Waals surface area contributed by atoms with E-state index in [1.165, 1.54) is 0 Å². The van der Waals surface area contributed by atoms with E-state index in [1.807, 2.05) is 53.8 Å². The molecule has 174 valence electrons. The Kier molecular flexibility index (Phi) is 6.31. The minimum Gasteiger partial charge on any atom is -0.477 e. The molecule has 33 heavy (non-hydrogen) atoms. The minimum absolute atomic E-state index is 0.0684. The van der Waals surface area contributed by atoms with Crippen LogP contribution in [0.2, 0.25) is 0 Å². The van der Waals surface area contributed by atoms with Crippen LogP contribution in [0.15, 0.2) is 48.5 Å². The Labute approximate surface area is 189 Å². The second-order valence-electron chi connectivity index (χ2n) is 8.40. The van der Waals surface area contributed by atoms with Gasteiger partial charge in [0.25, 0.3) is 0 Å². The molecule has 0 spiro atoms. The lowest BCUT2D eigenvalue weighted by molar-refractivity contribution is -0.164. The average Bonchev–Trinajstić information content (AvgIpc) is 3.39. The molecular weight excluding hydrogens is 434 g/mol. The van der Waals surface area contributed by atoms with Crippen LogP contribution >= 0.6 is 0 Å². The molecular formula is C24H24F2N2O5. The maximum Gasteiger partial charge on any atom is 0.407 e. The number of hydrogen-bond acceptors (Lipinski definition) is 4. The van der Waals surface area contributed by atoms with E-state index >= 15 is 0 Å². The highest BCUT2D eigenvalue weighted by Crippen LogP contribution is 2.44. The normalized spacial score (nSPS) is 19.5. The summed E-state index contributed by atoms with van der Waals surface area (Å²) in [4.78, 5) is 34.9. The van der Waals surface area contributed by atoms with E-state index in [4.69, 9.17) is 9.84 Å². The van der Waals surface area contributed by atoms with Crippen LogP contribution in [0.25, 0.3) is 11.1 Å². The maximum absolute atomic E-state index is 13.2. The molecule has 2 aromatic rings. The summed E-state index contributed by atoms with van der Waals surface area (Å²) < 4.78 is 31.8. The summed E-state index contributed by atoms with van der Waals surface area (Å²) in [6.45, 7) is -1.09. The number of hydrogen-bond donors (Lipinski definition) is 3. The zero-order chi connectivity index (χ0) is 23.6. The van der Waals surface area contributed by atoms with Crippen molar-refractivity contribution in [1.29, 1.82) is 0 Å². The maximum atomic E-state index is 13.2. The Morgan fingerprint density at radius 3 is 2.21 bits per heavy atom. The molecule has 3 N–H and O–H groups in total. The fourth-order valence-corrected chi connectivity index (χ4v) is 4.58. The number of rotatable bonds is 7. The lowest BCUT2D eigenvalue weighted by atomic mass is 9.98. The summed E-state index contributed by atoms with van der Waals surface area (Å²) in [5.41, 5.74) is 4.45. The number of aliphatic carboxylic acids is 1. The monoisotopic (exact) mass is 458 g/mol. The third-order valence-electron chi connectivity index (χ3n) is 6.27. The molecule has 1 saturated carbocycles. The number of nitrogens with one attached hydrogen (secondary N) is 2. The Bertz CT molecular complexity index is 1030. The van der Waals surface area contributed by atoms with Gasteiger partial charge in [0, 0.05) is 17.9 Å². The molecule has 2 aliphatic carbocycles. The molecule has 0 radical (unpaired) electrons. The summed E-state index contributed by atoms with van der Waals surface area (Å²) >= 11 is 0. The van der Waals surface area contributed by atoms with Crippen LogP contribution in [0, 0.1) is 5.92 Å². The molecule has 2 amide bonds. The summed E-state index contributed by atoms with van der Waals surface area (Å²) in [6.07, 6.45) is 0.575. The van der Waals surface area contributed by atoms with E-state index in [0.29, 0.717) is 12.8 Å². The smallest absolute Gasteiger partial charge is 0.407 e. The topological polar surface area (TPSA) is 105 Å². The number of alkyl halides is 2. The summed E-state index contributed by atoms with van der Waals surface area (Å²) in [6, 6.07) is 15.7. The Hall–Kier alpha value is -3.49. The molecule has 0 heterocycles. The van der Waals surface area contributed by atoms with Gasteiger partial charge in [0.05, 0.1) is 6.54 Å². The molecule has 4 rings (SSSR count). The largest absolute Gasteiger partial charge is 0.477 e. The van der Waals surface area contributed by atoms with E-state index in [0.717, 1.165) is 22.3 Å². The number of carbonyl (C=O) groups excluding carboxylic acids is 2. The summed E-state index contributed by atoms with van der Waals surface area (Å²) in [7, 11) is 0. The molecule has 2 atom stereocenters. The Morgan fingerprint density at radius 2 is 1.61 bits per heavy atom. The number of amides is 2. The standard InChI is InChI=1S/C24H24F2N2O5/c25-24(26,22(30)31)13-27-21(29)14-9-10-15(11-14)28-23(32)33-12-20-18-7-3-1-5-16(18)17-6-2-4-8-19(17)20/h1-8,14-15,20H,9-13H2,(H,27,29)(H,28,32)(H,30,31)/t14-,15+/m0/s1. The van der Waals surface area contributed by atoms with Crippen LogP contribution in [0.4, 0.5) is 13.6 Å². The lowest BCUT2D eigenvalue weighted by Crippen LogP contribution is -2.44. The fraction of sp³-hybridized carbons (Fsp3) is 0.375. The van der Waals surface area contributed by atoms with Gasteiger partial charge in [-0.2, -0.15) is 8.78 Å². The van der Waals surface area contributed by atoms with Gasteiger partial charge in [-0.25, -0.2) is 9.59 Å². The van der Waals surface area contributed by atoms with Gasteiger partial charge in [0.1, 0.15) is 6.61 Å². The highest BCUT2D eigenvalue weighted by molar-refractivity contribution is 5.81. The summed E-state index contributed by atoms with van der Waals surface area (Å²) in [5.74, 6) is -7.60. The molecule has 2 aliphatic rings. The number of halogens is 2. The lowest BCUT2D eigenvalue weighted by Gasteiger charge is -2.17. The third kappa shape index (κ3) is 4.81. The number of benzene rings is 2. The van der Waals surface area contributed by atoms with Crippen molar-refractivity contribution in [2.45, 2.75) is 37.1 Å². The predicted octanol–water partition coefficient (Wildman–Crippen LogP) is 3.53. The molecule has 7 nitrogen and oxygen atoms in total. The van der Waals surface area contributed by atoms with Crippen molar-refractivity contribution in [1.82, 2.24) is 10.6 Å². The second kappa shape index (κ2) is 9.17. The number of fused-ring (bicyclic) bond motifs is 3. The van der Waals surface area contributed by atoms with Crippen LogP contribution in [0.5, 0.6) is 0 Å². The van der Waals surface area contributed by atoms with Crippen molar-refractivity contribution in [3.63, 3.8) is 0 Å². The Morgan fingerprint density at radius 1 is 1.00 bits per heavy atom. The molecule has 0 aliphatic heterocycles. The zero-order valence-electron chi connectivity index (χ0n) is 17.7. The highest BCUT2D eigenvalue weighted by atomic mass is 19.3. The number of carboxylic acids is 1. The molecule has 0 unspecified atom stereocenters. The van der Waals surface area contributed by atoms with Gasteiger partial charge >= 0.3 is 18.0 Å². The first-order valence-electron chi connectivity index (χ1n) is 10.8. The molecule has 0 bridgehead atoms. The fourth-order valence-electron chi connectivity index (χ4n) is 4.58. The van der Waals surface area contributed by atoms with Crippen molar-refractivity contribution in [2.24, 2.45) is 5.92 Å². The van der Waals surface area contributed by atoms with Crippen molar-refractivity contribution in [3.05, 3.63) is 59.7 Å². The third-order valence-corrected chi connectivity index (χ3v) is 6.27. The van der Waals surface area contributed by atoms with E-state index in [1.54, 1.807) is 0 Å². The Balaban J connectivity index is 1.28. The molecule has 0 saturated heterocycles. The van der Waals surface area contributed by atoms with Crippen molar-refractivity contribution < 1.29 is 33.0 Å². The second-order valence-corrected chi connectivity index (χ2v) is 8.40. The van der Waals surface area contributed by atoms with Gasteiger partial charge < -0.3 is 20.5 Å². The molecule has 1 fully saturated rings. The predicted molar refractivity (Wildman–Crippen MR) is 115 cm³/mol. The quantitative estimate of drug-likeness (QED) is 0.589. The first-order chi connectivity index (χ1) is 15.8. The van der Waals surface area contributed by atoms with Crippen LogP contribution in [-0.2, 0) is 14.3 Å². The van der Waals surface area contributed by atoms with E-state index < -0.39 is 36.4 Å². The number of carboxylic acid groups (broad SMARTS) is 1. The number of carbonyl (C=O) groups is 3. The molecule has 9 heteroatoms. The van der Waals surface area contributed by atoms with Gasteiger partial charge in [-0.3, -0.25) is 4.79 Å². The van der Waals surface area contributed by atoms with E-state index in [9.17, 15) is 23.2 Å². The number of ether oxygens (including phenoxy) is 1. The van der Waals surface area contributed by atoms with Crippen LogP contribution in [-0.4, -0.2) is 48.2 Å².